The van der Waals surface area contributed by atoms with Crippen molar-refractivity contribution in [3.63, 3.8) is 0 Å². The fraction of sp³-hybridized carbons (Fsp3) is 0.714. The molecule has 1 fully saturated rings. The fourth-order valence-electron chi connectivity index (χ4n) is 2.81. The summed E-state index contributed by atoms with van der Waals surface area (Å²) in [6, 6.07) is 0. The molecule has 106 valence electrons. The van der Waals surface area contributed by atoms with Gasteiger partial charge in [-0.3, -0.25) is 9.48 Å². The summed E-state index contributed by atoms with van der Waals surface area (Å²) in [5.41, 5.74) is 2.38. The Balaban J connectivity index is 1.97. The third kappa shape index (κ3) is 3.11. The van der Waals surface area contributed by atoms with E-state index in [0.717, 1.165) is 24.2 Å². The smallest absolute Gasteiger partial charge is 0.255 e. The van der Waals surface area contributed by atoms with Crippen LogP contribution < -0.4 is 5.32 Å². The Morgan fingerprint density at radius 2 is 2.11 bits per heavy atom. The highest BCUT2D eigenvalue weighted by Crippen LogP contribution is 2.28. The Kier molecular flexibility index (Phi) is 4.50. The number of halogens is 1. The quantitative estimate of drug-likeness (QED) is 0.867. The van der Waals surface area contributed by atoms with Crippen LogP contribution in [0.5, 0.6) is 0 Å². The normalized spacial score (nSPS) is 23.4. The second-order valence-electron chi connectivity index (χ2n) is 5.44. The Bertz CT molecular complexity index is 470. The van der Waals surface area contributed by atoms with E-state index in [1.54, 1.807) is 4.68 Å². The van der Waals surface area contributed by atoms with Crippen LogP contribution in [0.4, 0.5) is 0 Å². The van der Waals surface area contributed by atoms with Gasteiger partial charge in [0.05, 0.1) is 11.3 Å². The number of aryl methyl sites for hydroxylation is 2. The second kappa shape index (κ2) is 5.95. The fourth-order valence-corrected chi connectivity index (χ4v) is 3.18. The van der Waals surface area contributed by atoms with Crippen molar-refractivity contribution >= 4 is 17.5 Å². The predicted octanol–water partition coefficient (Wildman–Crippen LogP) is 2.56. The second-order valence-corrected chi connectivity index (χ2v) is 6.00. The number of hydrogen-bond acceptors (Lipinski definition) is 2. The Labute approximate surface area is 119 Å². The number of hydrogen-bond donors (Lipinski definition) is 1. The van der Waals surface area contributed by atoms with Crippen LogP contribution in [-0.4, -0.2) is 27.6 Å². The number of nitrogens with zero attached hydrogens (tertiary/aromatic N) is 2. The highest BCUT2D eigenvalue weighted by molar-refractivity contribution is 6.20. The van der Waals surface area contributed by atoms with Gasteiger partial charge < -0.3 is 5.32 Å². The van der Waals surface area contributed by atoms with E-state index < -0.39 is 0 Å². The summed E-state index contributed by atoms with van der Waals surface area (Å²) in [6.07, 6.45) is 4.60. The van der Waals surface area contributed by atoms with Crippen LogP contribution in [0.2, 0.25) is 0 Å². The molecule has 1 saturated carbocycles. The van der Waals surface area contributed by atoms with Crippen LogP contribution in [0.25, 0.3) is 0 Å². The average Bonchev–Trinajstić information content (AvgIpc) is 2.62. The first kappa shape index (κ1) is 14.4. The van der Waals surface area contributed by atoms with Gasteiger partial charge in [-0.25, -0.2) is 0 Å². The zero-order valence-electron chi connectivity index (χ0n) is 11.9. The van der Waals surface area contributed by atoms with Crippen LogP contribution >= 0.6 is 11.6 Å². The standard InChI is InChI=1S/C14H22ClN3O/c1-9-13(10(2)18(3)17-9)14(19)16-8-11-6-4-5-7-12(11)15/h11-12H,4-8H2,1-3H3,(H,16,19). The van der Waals surface area contributed by atoms with Crippen molar-refractivity contribution in [3.8, 4) is 0 Å². The van der Waals surface area contributed by atoms with Gasteiger partial charge in [0.25, 0.3) is 5.91 Å². The minimum absolute atomic E-state index is 0.0301. The van der Waals surface area contributed by atoms with Gasteiger partial charge in [-0.1, -0.05) is 12.8 Å². The summed E-state index contributed by atoms with van der Waals surface area (Å²) in [7, 11) is 1.86. The summed E-state index contributed by atoms with van der Waals surface area (Å²) < 4.78 is 1.75. The van der Waals surface area contributed by atoms with E-state index in [-0.39, 0.29) is 11.3 Å². The lowest BCUT2D eigenvalue weighted by molar-refractivity contribution is 0.0943. The van der Waals surface area contributed by atoms with Crippen LogP contribution in [-0.2, 0) is 7.05 Å². The van der Waals surface area contributed by atoms with Gasteiger partial charge in [0.1, 0.15) is 0 Å². The summed E-state index contributed by atoms with van der Waals surface area (Å²) >= 11 is 6.31. The topological polar surface area (TPSA) is 46.9 Å². The first-order chi connectivity index (χ1) is 9.00. The van der Waals surface area contributed by atoms with Crippen LogP contribution in [0.15, 0.2) is 0 Å². The maximum atomic E-state index is 12.2. The first-order valence-electron chi connectivity index (χ1n) is 6.93. The molecule has 4 nitrogen and oxygen atoms in total. The lowest BCUT2D eigenvalue weighted by atomic mass is 9.88. The molecule has 5 heteroatoms. The Morgan fingerprint density at radius 3 is 2.68 bits per heavy atom. The molecule has 2 unspecified atom stereocenters. The van der Waals surface area contributed by atoms with E-state index >= 15 is 0 Å². The molecule has 19 heavy (non-hydrogen) atoms. The molecule has 1 aliphatic rings. The van der Waals surface area contributed by atoms with Gasteiger partial charge in [-0.05, 0) is 32.6 Å². The van der Waals surface area contributed by atoms with Gasteiger partial charge in [0.15, 0.2) is 0 Å². The zero-order chi connectivity index (χ0) is 14.0. The van der Waals surface area contributed by atoms with Crippen molar-refractivity contribution in [2.75, 3.05) is 6.54 Å². The van der Waals surface area contributed by atoms with Crippen LogP contribution in [0.1, 0.15) is 47.4 Å². The zero-order valence-corrected chi connectivity index (χ0v) is 12.6. The summed E-state index contributed by atoms with van der Waals surface area (Å²) in [5.74, 6) is 0.370. The Morgan fingerprint density at radius 1 is 1.42 bits per heavy atom. The van der Waals surface area contributed by atoms with Gasteiger partial charge in [0, 0.05) is 24.7 Å². The molecule has 0 radical (unpaired) electrons. The molecule has 1 aromatic heterocycles. The molecule has 2 rings (SSSR count). The number of nitrogens with one attached hydrogen (secondary N) is 1. The molecule has 1 heterocycles. The van der Waals surface area contributed by atoms with Crippen molar-refractivity contribution in [2.45, 2.75) is 44.9 Å². The minimum Gasteiger partial charge on any atom is -0.352 e. The highest BCUT2D eigenvalue weighted by Gasteiger charge is 2.24. The van der Waals surface area contributed by atoms with Gasteiger partial charge in [0.2, 0.25) is 0 Å². The monoisotopic (exact) mass is 283 g/mol. The van der Waals surface area contributed by atoms with Gasteiger partial charge in [-0.15, -0.1) is 11.6 Å². The van der Waals surface area contributed by atoms with Crippen molar-refractivity contribution in [2.24, 2.45) is 13.0 Å². The molecule has 0 spiro atoms. The maximum Gasteiger partial charge on any atom is 0.255 e. The molecule has 0 saturated heterocycles. The molecule has 0 aliphatic heterocycles. The third-order valence-corrected chi connectivity index (χ3v) is 4.65. The van der Waals surface area contributed by atoms with E-state index in [0.29, 0.717) is 18.0 Å². The largest absolute Gasteiger partial charge is 0.352 e. The average molecular weight is 284 g/mol. The number of carbonyl (C=O) groups is 1. The van der Waals surface area contributed by atoms with Crippen LogP contribution in [0, 0.1) is 19.8 Å². The number of aromatic nitrogens is 2. The van der Waals surface area contributed by atoms with Gasteiger partial charge >= 0.3 is 0 Å². The molecular formula is C14H22ClN3O. The lowest BCUT2D eigenvalue weighted by Gasteiger charge is -2.27. The summed E-state index contributed by atoms with van der Waals surface area (Å²) in [4.78, 5) is 12.2. The third-order valence-electron chi connectivity index (χ3n) is 4.08. The molecule has 1 N–H and O–H groups in total. The van der Waals surface area contributed by atoms with Crippen molar-refractivity contribution in [1.82, 2.24) is 15.1 Å². The van der Waals surface area contributed by atoms with E-state index in [1.807, 2.05) is 20.9 Å². The van der Waals surface area contributed by atoms with E-state index in [1.165, 1.54) is 12.8 Å². The molecule has 1 aromatic rings. The van der Waals surface area contributed by atoms with E-state index in [9.17, 15) is 4.79 Å². The maximum absolute atomic E-state index is 12.2. The molecule has 2 atom stereocenters. The van der Waals surface area contributed by atoms with Crippen molar-refractivity contribution in [1.29, 1.82) is 0 Å². The Hall–Kier alpha value is -1.03. The summed E-state index contributed by atoms with van der Waals surface area (Å²) in [6.45, 7) is 4.45. The number of rotatable bonds is 3. The molecular weight excluding hydrogens is 262 g/mol. The van der Waals surface area contributed by atoms with Crippen LogP contribution in [0.3, 0.4) is 0 Å². The first-order valence-corrected chi connectivity index (χ1v) is 7.36. The predicted molar refractivity (Wildman–Crippen MR) is 76.6 cm³/mol. The lowest BCUT2D eigenvalue weighted by Crippen LogP contribution is -2.35. The molecule has 1 amide bonds. The number of amides is 1. The van der Waals surface area contributed by atoms with E-state index in [2.05, 4.69) is 10.4 Å². The summed E-state index contributed by atoms with van der Waals surface area (Å²) in [5, 5.41) is 7.49. The van der Waals surface area contributed by atoms with Crippen molar-refractivity contribution in [3.05, 3.63) is 17.0 Å². The molecule has 0 bridgehead atoms. The minimum atomic E-state index is -0.0301. The molecule has 1 aliphatic carbocycles. The van der Waals surface area contributed by atoms with Gasteiger partial charge in [-0.2, -0.15) is 5.10 Å². The SMILES string of the molecule is Cc1nn(C)c(C)c1C(=O)NCC1CCCCC1Cl. The molecule has 0 aromatic carbocycles. The number of alkyl halides is 1. The number of carbonyl (C=O) groups excluding carboxylic acids is 1. The van der Waals surface area contributed by atoms with E-state index in [4.69, 9.17) is 11.6 Å². The highest BCUT2D eigenvalue weighted by atomic mass is 35.5. The van der Waals surface area contributed by atoms with Crippen molar-refractivity contribution < 1.29 is 4.79 Å².